The van der Waals surface area contributed by atoms with E-state index in [1.165, 1.54) is 55.0 Å². The average molecular weight is 741 g/mol. The van der Waals surface area contributed by atoms with Gasteiger partial charge in [-0.25, -0.2) is 9.78 Å². The first-order valence-corrected chi connectivity index (χ1v) is 18.8. The Labute approximate surface area is 319 Å². The molecule has 0 atom stereocenters. The summed E-state index contributed by atoms with van der Waals surface area (Å²) in [5.41, 5.74) is 10.2. The normalized spacial score (nSPS) is 13.9. The number of benzene rings is 3. The molecule has 0 aliphatic carbocycles. The quantitative estimate of drug-likeness (QED) is 0.0351. The van der Waals surface area contributed by atoms with Gasteiger partial charge in [0.25, 0.3) is 5.69 Å². The molecule has 4 aromatic rings. The minimum Gasteiger partial charge on any atom is -0.462 e. The molecule has 53 heavy (non-hydrogen) atoms. The van der Waals surface area contributed by atoms with Crippen LogP contribution in [0, 0.1) is 17.0 Å². The van der Waals surface area contributed by atoms with Gasteiger partial charge in [0.05, 0.1) is 17.2 Å². The SMILES string of the molecule is CCOC(=O)c1c(N)nc(C)c(C(=O)CCCCCCCCCCN2CCC(c3ccccc3)(c3ccccc3)CC2)c1-c1cccc([N+](=O)[O-])c1.Cl. The Balaban J connectivity index is 0.00000627. The molecule has 9 nitrogen and oxygen atoms in total. The lowest BCUT2D eigenvalue weighted by Crippen LogP contribution is -2.43. The van der Waals surface area contributed by atoms with Gasteiger partial charge in [-0.15, -0.1) is 12.4 Å². The number of nitro groups is 1. The van der Waals surface area contributed by atoms with Crippen molar-refractivity contribution in [1.29, 1.82) is 0 Å². The van der Waals surface area contributed by atoms with Crippen LogP contribution >= 0.6 is 12.4 Å². The molecule has 0 saturated carbocycles. The monoisotopic (exact) mass is 740 g/mol. The standard InChI is InChI=1S/C43H52N4O5.ClH/c1-3-52-42(49)40-39(33-19-18-24-36(31-33)47(50)51)38(32(2)45-41(40)44)37(48)25-16-8-6-4-5-7-9-17-28-46-29-26-43(27-30-46,34-20-12-10-13-21-34)35-22-14-11-15-23-35;/h10-15,18-24,31H,3-9,16-17,25-30H2,1-2H3,(H2,44,45);1H. The molecule has 1 fully saturated rings. The predicted octanol–water partition coefficient (Wildman–Crippen LogP) is 9.92. The molecular formula is C43H53ClN4O5. The predicted molar refractivity (Wildman–Crippen MR) is 214 cm³/mol. The lowest BCUT2D eigenvalue weighted by molar-refractivity contribution is -0.384. The smallest absolute Gasteiger partial charge is 0.342 e. The zero-order chi connectivity index (χ0) is 36.9. The number of halogens is 1. The number of nitro benzene ring substituents is 1. The summed E-state index contributed by atoms with van der Waals surface area (Å²) < 4.78 is 5.25. The summed E-state index contributed by atoms with van der Waals surface area (Å²) in [6, 6.07) is 27.9. The van der Waals surface area contributed by atoms with Gasteiger partial charge in [-0.3, -0.25) is 14.9 Å². The second-order valence-electron chi connectivity index (χ2n) is 13.9. The summed E-state index contributed by atoms with van der Waals surface area (Å²) in [7, 11) is 0. The van der Waals surface area contributed by atoms with Gasteiger partial charge in [0.1, 0.15) is 11.4 Å². The van der Waals surface area contributed by atoms with Gasteiger partial charge in [0.2, 0.25) is 0 Å². The number of carbonyl (C=O) groups is 2. The van der Waals surface area contributed by atoms with Gasteiger partial charge in [0.15, 0.2) is 5.78 Å². The van der Waals surface area contributed by atoms with Crippen molar-refractivity contribution in [3.8, 4) is 11.1 Å². The highest BCUT2D eigenvalue weighted by molar-refractivity contribution is 6.11. The van der Waals surface area contributed by atoms with Gasteiger partial charge in [0, 0.05) is 35.1 Å². The Hall–Kier alpha value is -4.60. The average Bonchev–Trinajstić information content (AvgIpc) is 3.16. The summed E-state index contributed by atoms with van der Waals surface area (Å²) in [4.78, 5) is 44.7. The van der Waals surface area contributed by atoms with E-state index in [1.54, 1.807) is 19.9 Å². The molecule has 0 amide bonds. The molecule has 10 heteroatoms. The van der Waals surface area contributed by atoms with Gasteiger partial charge in [-0.2, -0.15) is 0 Å². The number of aryl methyl sites for hydroxylation is 1. The van der Waals surface area contributed by atoms with E-state index >= 15 is 0 Å². The van der Waals surface area contributed by atoms with Crippen LogP contribution < -0.4 is 5.73 Å². The minimum absolute atomic E-state index is 0. The Morgan fingerprint density at radius 2 is 1.40 bits per heavy atom. The largest absolute Gasteiger partial charge is 0.462 e. The third-order valence-corrected chi connectivity index (χ3v) is 10.5. The number of non-ortho nitro benzene ring substituents is 1. The maximum atomic E-state index is 13.7. The Bertz CT molecular complexity index is 1770. The van der Waals surface area contributed by atoms with Crippen molar-refractivity contribution >= 4 is 35.7 Å². The first-order valence-electron chi connectivity index (χ1n) is 18.8. The van der Waals surface area contributed by atoms with Gasteiger partial charge >= 0.3 is 5.97 Å². The van der Waals surface area contributed by atoms with E-state index in [2.05, 4.69) is 70.5 Å². The number of likely N-dealkylation sites (tertiary alicyclic amines) is 1. The Kier molecular flexibility index (Phi) is 15.5. The molecule has 3 aromatic carbocycles. The van der Waals surface area contributed by atoms with Crippen LogP contribution in [0.2, 0.25) is 0 Å². The van der Waals surface area contributed by atoms with E-state index in [1.807, 2.05) is 0 Å². The van der Waals surface area contributed by atoms with Crippen LogP contribution in [0.5, 0.6) is 0 Å². The second kappa shape index (κ2) is 20.0. The zero-order valence-electron chi connectivity index (χ0n) is 31.1. The van der Waals surface area contributed by atoms with Crippen LogP contribution in [0.3, 0.4) is 0 Å². The molecule has 0 bridgehead atoms. The molecule has 1 aliphatic heterocycles. The molecule has 282 valence electrons. The number of nitrogen functional groups attached to an aromatic ring is 1. The highest BCUT2D eigenvalue weighted by atomic mass is 35.5. The van der Waals surface area contributed by atoms with Crippen molar-refractivity contribution in [3.05, 3.63) is 123 Å². The fraction of sp³-hybridized carbons (Fsp3) is 0.419. The van der Waals surface area contributed by atoms with Crippen molar-refractivity contribution in [2.24, 2.45) is 0 Å². The summed E-state index contributed by atoms with van der Waals surface area (Å²) in [5.74, 6) is -0.954. The van der Waals surface area contributed by atoms with E-state index < -0.39 is 10.9 Å². The molecule has 0 radical (unpaired) electrons. The molecular weight excluding hydrogens is 688 g/mol. The van der Waals surface area contributed by atoms with E-state index in [9.17, 15) is 19.7 Å². The number of hydrogen-bond donors (Lipinski definition) is 1. The van der Waals surface area contributed by atoms with Gasteiger partial charge in [-0.1, -0.05) is 111 Å². The number of nitrogens with two attached hydrogens (primary N) is 1. The maximum Gasteiger partial charge on any atom is 0.342 e. The van der Waals surface area contributed by atoms with E-state index in [0.29, 0.717) is 17.7 Å². The van der Waals surface area contributed by atoms with Crippen LogP contribution in [0.1, 0.15) is 115 Å². The molecule has 2 heterocycles. The van der Waals surface area contributed by atoms with Crippen LogP contribution in [0.15, 0.2) is 84.9 Å². The summed E-state index contributed by atoms with van der Waals surface area (Å²) in [6.45, 7) is 6.83. The van der Waals surface area contributed by atoms with Crippen molar-refractivity contribution in [3.63, 3.8) is 0 Å². The number of Topliss-reactive ketones (excluding diaryl/α,β-unsaturated/α-hetero) is 1. The fourth-order valence-electron chi connectivity index (χ4n) is 7.76. The maximum absolute atomic E-state index is 13.7. The van der Waals surface area contributed by atoms with Gasteiger partial charge < -0.3 is 15.4 Å². The highest BCUT2D eigenvalue weighted by Gasteiger charge is 2.37. The van der Waals surface area contributed by atoms with Crippen molar-refractivity contribution in [2.45, 2.75) is 89.9 Å². The summed E-state index contributed by atoms with van der Waals surface area (Å²) in [5, 5.41) is 11.5. The number of unbranched alkanes of at least 4 members (excludes halogenated alkanes) is 7. The van der Waals surface area contributed by atoms with Gasteiger partial charge in [-0.05, 0) is 75.9 Å². The molecule has 1 saturated heterocycles. The number of piperidine rings is 1. The first-order chi connectivity index (χ1) is 25.2. The number of carbonyl (C=O) groups excluding carboxylic acids is 2. The number of aromatic nitrogens is 1. The number of pyridine rings is 1. The topological polar surface area (TPSA) is 129 Å². The highest BCUT2D eigenvalue weighted by Crippen LogP contribution is 2.42. The van der Waals surface area contributed by atoms with Crippen molar-refractivity contribution in [1.82, 2.24) is 9.88 Å². The van der Waals surface area contributed by atoms with E-state index in [4.69, 9.17) is 10.5 Å². The van der Waals surface area contributed by atoms with E-state index in [0.717, 1.165) is 51.7 Å². The molecule has 2 N–H and O–H groups in total. The number of hydrogen-bond acceptors (Lipinski definition) is 8. The third-order valence-electron chi connectivity index (χ3n) is 10.5. The summed E-state index contributed by atoms with van der Waals surface area (Å²) in [6.07, 6.45) is 11.2. The molecule has 5 rings (SSSR count). The fourth-order valence-corrected chi connectivity index (χ4v) is 7.76. The number of ketones is 1. The number of anilines is 1. The van der Waals surface area contributed by atoms with Crippen molar-refractivity contribution in [2.75, 3.05) is 32.0 Å². The Morgan fingerprint density at radius 3 is 1.96 bits per heavy atom. The Morgan fingerprint density at radius 1 is 0.830 bits per heavy atom. The van der Waals surface area contributed by atoms with E-state index in [-0.39, 0.29) is 64.8 Å². The number of ether oxygens (including phenoxy) is 1. The molecule has 0 spiro atoms. The lowest BCUT2D eigenvalue weighted by atomic mass is 9.68. The van der Waals surface area contributed by atoms with Crippen LogP contribution in [-0.4, -0.2) is 52.8 Å². The zero-order valence-corrected chi connectivity index (χ0v) is 31.9. The summed E-state index contributed by atoms with van der Waals surface area (Å²) >= 11 is 0. The molecule has 1 aromatic heterocycles. The number of rotatable bonds is 18. The van der Waals surface area contributed by atoms with Crippen LogP contribution in [-0.2, 0) is 10.2 Å². The number of nitrogens with zero attached hydrogens (tertiary/aromatic N) is 3. The minimum atomic E-state index is -0.716. The third kappa shape index (κ3) is 10.3. The van der Waals surface area contributed by atoms with Crippen molar-refractivity contribution < 1.29 is 19.2 Å². The molecule has 0 unspecified atom stereocenters. The molecule has 1 aliphatic rings. The second-order valence-corrected chi connectivity index (χ2v) is 13.9. The first kappa shape index (κ1) is 41.2. The lowest BCUT2D eigenvalue weighted by Gasteiger charge is -2.43. The number of esters is 1. The van der Waals surface area contributed by atoms with Crippen LogP contribution in [0.4, 0.5) is 11.5 Å². The van der Waals surface area contributed by atoms with Crippen LogP contribution in [0.25, 0.3) is 11.1 Å².